The van der Waals surface area contributed by atoms with E-state index in [1.165, 1.54) is 0 Å². The normalized spacial score (nSPS) is 22.8. The summed E-state index contributed by atoms with van der Waals surface area (Å²) in [5, 5.41) is 153. The van der Waals surface area contributed by atoms with Crippen molar-refractivity contribution >= 4 is 35.0 Å². The minimum Gasteiger partial charge on any atom is -0.416 e. The van der Waals surface area contributed by atoms with E-state index in [4.69, 9.17) is 104 Å². The van der Waals surface area contributed by atoms with Crippen LogP contribution in [0.3, 0.4) is 0 Å². The van der Waals surface area contributed by atoms with Crippen molar-refractivity contribution in [2.45, 2.75) is 150 Å². The third-order valence-corrected chi connectivity index (χ3v) is 27.6. The molecule has 0 spiro atoms. The third kappa shape index (κ3) is 45.7. The topological polar surface area (TPSA) is 490 Å². The van der Waals surface area contributed by atoms with E-state index in [0.29, 0.717) is 56.3 Å². The average molecular weight is 1310 g/mol. The Bertz CT molecular complexity index is 1520. The predicted molar refractivity (Wildman–Crippen MR) is 290 cm³/mol. The maximum absolute atomic E-state index is 10.5. The average Bonchev–Trinajstić information content (AvgIpc) is 3.54. The van der Waals surface area contributed by atoms with Crippen LogP contribution < -0.4 is 0 Å². The van der Waals surface area contributed by atoms with Crippen molar-refractivity contribution in [2.24, 2.45) is 0 Å². The van der Waals surface area contributed by atoms with E-state index >= 15 is 0 Å². The molecule has 16 N–H and O–H groups in total. The molecule has 0 aromatic heterocycles. The van der Waals surface area contributed by atoms with Gasteiger partial charge in [-0.25, -0.2) is 19.6 Å². The number of hydrogen-bond acceptors (Lipinski definition) is 34. The summed E-state index contributed by atoms with van der Waals surface area (Å²) in [5.74, 6) is 0. The number of aliphatic hydroxyl groups excluding tert-OH is 14. The molecule has 13 atom stereocenters. The lowest BCUT2D eigenvalue weighted by atomic mass is 10.3. The highest BCUT2D eigenvalue weighted by Gasteiger charge is 2.53. The van der Waals surface area contributed by atoms with Gasteiger partial charge in [0.25, 0.3) is 0 Å². The molecule has 1 radical (unpaired) electrons. The van der Waals surface area contributed by atoms with Gasteiger partial charge in [0, 0.05) is 26.4 Å². The standard InChI is InChI=1S/C46H99O34Si4/c1-82(14-5-4-9-63-21-37(51)23-69-27-39(53)25-67-19-35(49)17-47)77-81(13-6-10-64-22-38(52)24-70-28-40(54)26-68-20-36(50)18-48)78-83(2,15-7-11-65-31-43(59)72-33-44(60)71-29-41(55)56)80-84(3,79-82)16-8-12-66-32-45(61)75-74-34-46(62)76-73-30-42(57)58/h35-62H,4-34H2,1-3H3. The van der Waals surface area contributed by atoms with E-state index in [-0.39, 0.29) is 106 Å². The van der Waals surface area contributed by atoms with E-state index in [1.54, 1.807) is 0 Å². The van der Waals surface area contributed by atoms with E-state index < -0.39 is 149 Å². The minimum absolute atomic E-state index is 0.0499. The zero-order valence-electron chi connectivity index (χ0n) is 48.4. The lowest BCUT2D eigenvalue weighted by molar-refractivity contribution is -0.433. The van der Waals surface area contributed by atoms with Crippen LogP contribution in [0, 0.1) is 0 Å². The molecular formula is C46H99O34Si4. The van der Waals surface area contributed by atoms with E-state index in [0.717, 1.165) is 0 Å². The predicted octanol–water partition coefficient (Wildman–Crippen LogP) is -6.17. The van der Waals surface area contributed by atoms with Crippen LogP contribution in [0.15, 0.2) is 0 Å². The van der Waals surface area contributed by atoms with Crippen LogP contribution in [0.1, 0.15) is 32.1 Å². The van der Waals surface area contributed by atoms with Gasteiger partial charge in [0.15, 0.2) is 25.2 Å². The van der Waals surface area contributed by atoms with Crippen molar-refractivity contribution in [3.63, 3.8) is 0 Å². The van der Waals surface area contributed by atoms with Crippen molar-refractivity contribution in [2.75, 3.05) is 145 Å². The fourth-order valence-corrected chi connectivity index (χ4v) is 26.7. The summed E-state index contributed by atoms with van der Waals surface area (Å²) in [4.78, 5) is 18.4. The van der Waals surface area contributed by atoms with Crippen LogP contribution in [0.4, 0.5) is 0 Å². The highest BCUT2D eigenvalue weighted by atomic mass is 28.5. The summed E-state index contributed by atoms with van der Waals surface area (Å²) in [6.07, 6.45) is -13.8. The second-order valence-electron chi connectivity index (χ2n) is 19.9. The monoisotopic (exact) mass is 1310 g/mol. The van der Waals surface area contributed by atoms with Crippen LogP contribution in [-0.2, 0) is 83.4 Å². The lowest BCUT2D eigenvalue weighted by Gasteiger charge is -2.47. The molecule has 38 heteroatoms. The fraction of sp³-hybridized carbons (Fsp3) is 1.00. The van der Waals surface area contributed by atoms with Crippen LogP contribution >= 0.6 is 0 Å². The van der Waals surface area contributed by atoms with Gasteiger partial charge in [-0.15, -0.1) is 0 Å². The number of hydrogen-bond donors (Lipinski definition) is 16. The van der Waals surface area contributed by atoms with Crippen molar-refractivity contribution in [3.05, 3.63) is 0 Å². The van der Waals surface area contributed by atoms with E-state index in [2.05, 4.69) is 9.78 Å². The molecule has 0 saturated carbocycles. The Kier molecular flexibility index (Phi) is 47.8. The molecule has 1 heterocycles. The van der Waals surface area contributed by atoms with Gasteiger partial charge in [-0.05, 0) is 75.9 Å². The number of rotatable bonds is 57. The first kappa shape index (κ1) is 81.5. The smallest absolute Gasteiger partial charge is 0.365 e. The molecule has 0 aromatic carbocycles. The van der Waals surface area contributed by atoms with Gasteiger partial charge < -0.3 is 146 Å². The van der Waals surface area contributed by atoms with Crippen LogP contribution in [-0.4, -0.2) is 336 Å². The Balaban J connectivity index is 3.10. The summed E-state index contributed by atoms with van der Waals surface area (Å²) >= 11 is 0. The van der Waals surface area contributed by atoms with Crippen LogP contribution in [0.5, 0.6) is 0 Å². The highest BCUT2D eigenvalue weighted by Crippen LogP contribution is 2.35. The quantitative estimate of drug-likeness (QED) is 0.00886. The second kappa shape index (κ2) is 49.2. The van der Waals surface area contributed by atoms with Gasteiger partial charge in [0.1, 0.15) is 69.7 Å². The van der Waals surface area contributed by atoms with Crippen LogP contribution in [0.25, 0.3) is 0 Å². The number of unbranched alkanes of at least 4 members (excludes halogenated alkanes) is 1. The second-order valence-corrected chi connectivity index (χ2v) is 32.7. The molecule has 0 aromatic rings. The van der Waals surface area contributed by atoms with Gasteiger partial charge in [0.2, 0.25) is 12.6 Å². The summed E-state index contributed by atoms with van der Waals surface area (Å²) < 4.78 is 82.0. The summed E-state index contributed by atoms with van der Waals surface area (Å²) in [6.45, 7) is 1.23. The van der Waals surface area contributed by atoms with Gasteiger partial charge in [-0.2, -0.15) is 0 Å². The van der Waals surface area contributed by atoms with E-state index in [9.17, 15) is 51.1 Å². The first-order valence-electron chi connectivity index (χ1n) is 27.7. The first-order chi connectivity index (χ1) is 39.9. The molecule has 34 nitrogen and oxygen atoms in total. The molecule has 1 aliphatic heterocycles. The fourth-order valence-electron chi connectivity index (χ4n) is 7.21. The van der Waals surface area contributed by atoms with Crippen LogP contribution in [0.2, 0.25) is 43.8 Å². The SMILES string of the molecule is C[Si]1(CCCCOCC(O)COCC(O)COCC(O)CO)O[Si](CCCOCC(O)COCC(O)COCC(O)CO)O[Si](C)(CCCOCC(O)OCC(O)OCC(O)O)O[Si](C)(CCCOCC(O)OOCC(O)OOCC(O)O)O1. The molecule has 13 unspecified atom stereocenters. The summed E-state index contributed by atoms with van der Waals surface area (Å²) in [6, 6.07) is 1.64. The van der Waals surface area contributed by atoms with E-state index in [1.807, 2.05) is 19.6 Å². The van der Waals surface area contributed by atoms with Gasteiger partial charge in [0.05, 0.1) is 85.9 Å². The third-order valence-electron chi connectivity index (χ3n) is 10.9. The zero-order chi connectivity index (χ0) is 62.7. The Hall–Kier alpha value is -0.492. The van der Waals surface area contributed by atoms with Crippen molar-refractivity contribution in [1.82, 2.24) is 0 Å². The molecule has 0 aliphatic carbocycles. The Labute approximate surface area is 494 Å². The molecule has 1 saturated heterocycles. The Morgan fingerprint density at radius 1 is 0.333 bits per heavy atom. The highest BCUT2D eigenvalue weighted by molar-refractivity contribution is 6.90. The minimum atomic E-state index is -3.28. The number of ether oxygens (including phenoxy) is 10. The molecule has 0 amide bonds. The molecule has 1 aliphatic rings. The van der Waals surface area contributed by atoms with Gasteiger partial charge >= 0.3 is 35.0 Å². The molecule has 1 fully saturated rings. The van der Waals surface area contributed by atoms with Gasteiger partial charge in [-0.1, -0.05) is 0 Å². The molecule has 503 valence electrons. The zero-order valence-corrected chi connectivity index (χ0v) is 52.4. The lowest BCUT2D eigenvalue weighted by Crippen LogP contribution is -2.63. The molecule has 0 bridgehead atoms. The Morgan fingerprint density at radius 3 is 1.14 bits per heavy atom. The molecule has 84 heavy (non-hydrogen) atoms. The molecule has 1 rings (SSSR count). The molecular weight excluding hydrogens is 1210 g/mol. The van der Waals surface area contributed by atoms with Crippen molar-refractivity contribution in [3.8, 4) is 0 Å². The summed E-state index contributed by atoms with van der Waals surface area (Å²) in [5.41, 5.74) is 0. The maximum Gasteiger partial charge on any atom is 0.365 e. The summed E-state index contributed by atoms with van der Waals surface area (Å²) in [7, 11) is -11.9. The van der Waals surface area contributed by atoms with Crippen molar-refractivity contribution in [1.29, 1.82) is 0 Å². The Morgan fingerprint density at radius 2 is 0.679 bits per heavy atom. The maximum atomic E-state index is 10.5. The first-order valence-corrected chi connectivity index (χ1v) is 36.8. The van der Waals surface area contributed by atoms with Crippen molar-refractivity contribution < 1.29 is 165 Å². The number of aliphatic hydroxyl groups is 16. The van der Waals surface area contributed by atoms with Gasteiger partial charge in [-0.3, -0.25) is 0 Å². The largest absolute Gasteiger partial charge is 0.416 e.